The maximum absolute atomic E-state index is 6.33. The summed E-state index contributed by atoms with van der Waals surface area (Å²) < 4.78 is 7.40. The highest BCUT2D eigenvalue weighted by molar-refractivity contribution is 9.10. The first kappa shape index (κ1) is 11.5. The third-order valence-corrected chi connectivity index (χ3v) is 4.88. The van der Waals surface area contributed by atoms with Gasteiger partial charge in [0.25, 0.3) is 0 Å². The van der Waals surface area contributed by atoms with Crippen LogP contribution in [0.1, 0.15) is 44.2 Å². The Morgan fingerprint density at radius 3 is 3.00 bits per heavy atom. The van der Waals surface area contributed by atoms with E-state index in [9.17, 15) is 0 Å². The lowest BCUT2D eigenvalue weighted by Crippen LogP contribution is -2.44. The van der Waals surface area contributed by atoms with E-state index < -0.39 is 0 Å². The molecule has 1 spiro atoms. The van der Waals surface area contributed by atoms with Crippen molar-refractivity contribution in [3.63, 3.8) is 0 Å². The molecule has 2 N–H and O–H groups in total. The third kappa shape index (κ3) is 1.80. The monoisotopic (exact) mass is 295 g/mol. The lowest BCUT2D eigenvalue weighted by molar-refractivity contribution is 0.00661. The molecule has 1 aliphatic carbocycles. The molecule has 1 saturated carbocycles. The normalized spacial score (nSPS) is 35.7. The largest absolute Gasteiger partial charge is 0.487 e. The molecule has 3 rings (SSSR count). The molecule has 92 valence electrons. The Labute approximate surface area is 111 Å². The summed E-state index contributed by atoms with van der Waals surface area (Å²) in [6.07, 6.45) is 4.63. The molecule has 3 heteroatoms. The maximum Gasteiger partial charge on any atom is 0.126 e. The molecule has 1 aromatic rings. The highest BCUT2D eigenvalue weighted by Gasteiger charge is 2.46. The van der Waals surface area contributed by atoms with E-state index in [4.69, 9.17) is 10.5 Å². The minimum atomic E-state index is -0.00674. The summed E-state index contributed by atoms with van der Waals surface area (Å²) in [6.45, 7) is 2.29. The summed E-state index contributed by atoms with van der Waals surface area (Å²) in [4.78, 5) is 0. The summed E-state index contributed by atoms with van der Waals surface area (Å²) in [5, 5.41) is 0. The van der Waals surface area contributed by atoms with Crippen molar-refractivity contribution in [1.29, 1.82) is 0 Å². The van der Waals surface area contributed by atoms with E-state index in [1.807, 2.05) is 6.07 Å². The Morgan fingerprint density at radius 2 is 2.29 bits per heavy atom. The van der Waals surface area contributed by atoms with Gasteiger partial charge in [-0.05, 0) is 37.3 Å². The minimum Gasteiger partial charge on any atom is -0.487 e. The van der Waals surface area contributed by atoms with E-state index in [2.05, 4.69) is 35.0 Å². The first-order chi connectivity index (χ1) is 8.11. The second kappa shape index (κ2) is 3.99. The number of fused-ring (bicyclic) bond motifs is 1. The van der Waals surface area contributed by atoms with Crippen LogP contribution in [0.25, 0.3) is 0 Å². The zero-order valence-corrected chi connectivity index (χ0v) is 11.7. The molecule has 0 bridgehead atoms. The minimum absolute atomic E-state index is 0.00674. The van der Waals surface area contributed by atoms with Crippen molar-refractivity contribution in [2.75, 3.05) is 0 Å². The van der Waals surface area contributed by atoms with Crippen LogP contribution in [0, 0.1) is 5.92 Å². The lowest BCUT2D eigenvalue weighted by Gasteiger charge is -2.41. The van der Waals surface area contributed by atoms with Crippen LogP contribution in [-0.2, 0) is 0 Å². The smallest absolute Gasteiger partial charge is 0.126 e. The van der Waals surface area contributed by atoms with Crippen molar-refractivity contribution in [1.82, 2.24) is 0 Å². The molecule has 2 aliphatic rings. The Bertz CT molecular complexity index is 448. The first-order valence-electron chi connectivity index (χ1n) is 6.35. The van der Waals surface area contributed by atoms with Crippen LogP contribution in [-0.4, -0.2) is 5.60 Å². The van der Waals surface area contributed by atoms with E-state index in [1.165, 1.54) is 12.8 Å². The number of hydrogen-bond donors (Lipinski definition) is 1. The van der Waals surface area contributed by atoms with E-state index in [0.29, 0.717) is 5.92 Å². The predicted octanol–water partition coefficient (Wildman–Crippen LogP) is 3.79. The highest BCUT2D eigenvalue weighted by atomic mass is 79.9. The van der Waals surface area contributed by atoms with Crippen molar-refractivity contribution < 1.29 is 4.74 Å². The van der Waals surface area contributed by atoms with Crippen LogP contribution in [0.2, 0.25) is 0 Å². The number of nitrogens with two attached hydrogens (primary N) is 1. The van der Waals surface area contributed by atoms with Crippen molar-refractivity contribution in [2.45, 2.75) is 44.2 Å². The van der Waals surface area contributed by atoms with Gasteiger partial charge in [0.2, 0.25) is 0 Å². The van der Waals surface area contributed by atoms with Crippen molar-refractivity contribution >= 4 is 15.9 Å². The molecule has 0 saturated heterocycles. The molecule has 0 radical (unpaired) electrons. The number of halogens is 1. The molecule has 1 fully saturated rings. The molecule has 2 unspecified atom stereocenters. The van der Waals surface area contributed by atoms with Gasteiger partial charge in [-0.1, -0.05) is 28.9 Å². The van der Waals surface area contributed by atoms with Crippen molar-refractivity contribution in [3.8, 4) is 5.75 Å². The van der Waals surface area contributed by atoms with Gasteiger partial charge >= 0.3 is 0 Å². The fraction of sp³-hybridized carbons (Fsp3) is 0.571. The number of rotatable bonds is 0. The third-order valence-electron chi connectivity index (χ3n) is 4.39. The fourth-order valence-electron chi connectivity index (χ4n) is 3.32. The van der Waals surface area contributed by atoms with Crippen molar-refractivity contribution in [2.24, 2.45) is 11.7 Å². The molecule has 0 amide bonds. The molecule has 2 nitrogen and oxygen atoms in total. The van der Waals surface area contributed by atoms with Gasteiger partial charge in [0.1, 0.15) is 11.4 Å². The molecule has 1 heterocycles. The van der Waals surface area contributed by atoms with Crippen LogP contribution in [0.15, 0.2) is 22.7 Å². The highest BCUT2D eigenvalue weighted by Crippen LogP contribution is 2.49. The topological polar surface area (TPSA) is 35.2 Å². The van der Waals surface area contributed by atoms with Crippen LogP contribution >= 0.6 is 15.9 Å². The predicted molar refractivity (Wildman–Crippen MR) is 72.1 cm³/mol. The summed E-state index contributed by atoms with van der Waals surface area (Å²) in [6, 6.07) is 6.29. The van der Waals surface area contributed by atoms with Crippen LogP contribution in [0.3, 0.4) is 0 Å². The molecular formula is C14H18BrNO. The van der Waals surface area contributed by atoms with E-state index in [0.717, 1.165) is 28.6 Å². The van der Waals surface area contributed by atoms with Gasteiger partial charge in [-0.25, -0.2) is 0 Å². The zero-order valence-electron chi connectivity index (χ0n) is 10.1. The first-order valence-corrected chi connectivity index (χ1v) is 7.14. The summed E-state index contributed by atoms with van der Waals surface area (Å²) in [5.74, 6) is 1.59. The molecule has 1 aromatic carbocycles. The molecular weight excluding hydrogens is 278 g/mol. The van der Waals surface area contributed by atoms with E-state index >= 15 is 0 Å². The molecule has 17 heavy (non-hydrogen) atoms. The molecule has 1 aliphatic heterocycles. The van der Waals surface area contributed by atoms with E-state index in [1.54, 1.807) is 0 Å². The Morgan fingerprint density at radius 1 is 1.47 bits per heavy atom. The standard InChI is InChI=1S/C14H18BrNO/c1-9-3-2-6-14(9)8-12(16)11-5-4-10(15)7-13(11)17-14/h4-5,7,9,12H,2-3,6,8,16H2,1H3/t9?,12-,14?/m0/s1. The average molecular weight is 296 g/mol. The number of benzene rings is 1. The SMILES string of the molecule is CC1CCCC12C[C@H](N)c1ccc(Br)cc1O2. The van der Waals surface area contributed by atoms with Crippen LogP contribution < -0.4 is 10.5 Å². The average Bonchev–Trinajstić information content (AvgIpc) is 2.59. The summed E-state index contributed by atoms with van der Waals surface area (Å²) in [7, 11) is 0. The Hall–Kier alpha value is -0.540. The van der Waals surface area contributed by atoms with E-state index in [-0.39, 0.29) is 11.6 Å². The van der Waals surface area contributed by atoms with Crippen LogP contribution in [0.5, 0.6) is 5.75 Å². The van der Waals surface area contributed by atoms with Gasteiger partial charge in [-0.15, -0.1) is 0 Å². The van der Waals surface area contributed by atoms with Gasteiger partial charge in [0.05, 0.1) is 0 Å². The van der Waals surface area contributed by atoms with Gasteiger partial charge in [-0.3, -0.25) is 0 Å². The van der Waals surface area contributed by atoms with Gasteiger partial charge < -0.3 is 10.5 Å². The maximum atomic E-state index is 6.33. The van der Waals surface area contributed by atoms with Crippen LogP contribution in [0.4, 0.5) is 0 Å². The lowest BCUT2D eigenvalue weighted by atomic mass is 9.81. The second-order valence-corrected chi connectivity index (χ2v) is 6.37. The summed E-state index contributed by atoms with van der Waals surface area (Å²) >= 11 is 3.50. The van der Waals surface area contributed by atoms with Gasteiger partial charge in [-0.2, -0.15) is 0 Å². The molecule has 3 atom stereocenters. The van der Waals surface area contributed by atoms with Gasteiger partial charge in [0, 0.05) is 22.5 Å². The molecule has 0 aromatic heterocycles. The number of ether oxygens (including phenoxy) is 1. The van der Waals surface area contributed by atoms with Gasteiger partial charge in [0.15, 0.2) is 0 Å². The Balaban J connectivity index is 2.02. The quantitative estimate of drug-likeness (QED) is 0.790. The second-order valence-electron chi connectivity index (χ2n) is 5.45. The fourth-order valence-corrected chi connectivity index (χ4v) is 3.66. The zero-order chi connectivity index (χ0) is 12.0. The van der Waals surface area contributed by atoms with Crippen molar-refractivity contribution in [3.05, 3.63) is 28.2 Å². The number of hydrogen-bond acceptors (Lipinski definition) is 2. The Kier molecular flexibility index (Phi) is 2.71. The summed E-state index contributed by atoms with van der Waals surface area (Å²) in [5.41, 5.74) is 7.46.